The molecule has 0 aliphatic carbocycles. The molecule has 0 aromatic heterocycles. The molecule has 82 valence electrons. The minimum absolute atomic E-state index is 0.279. The molecule has 1 heterocycles. The van der Waals surface area contributed by atoms with E-state index in [0.29, 0.717) is 13.2 Å². The average molecular weight is 216 g/mol. The standard InChI is InChI=1S/C10H20O3Si/c1-3-14-10(13-9-8-11-2)6-4-5-7-12-10/h3H,1,4-9,14H2,2H3. The Morgan fingerprint density at radius 2 is 2.36 bits per heavy atom. The lowest BCUT2D eigenvalue weighted by Gasteiger charge is -2.36. The third-order valence-electron chi connectivity index (χ3n) is 2.43. The van der Waals surface area contributed by atoms with Crippen molar-refractivity contribution < 1.29 is 14.2 Å². The van der Waals surface area contributed by atoms with Gasteiger partial charge in [-0.2, -0.15) is 0 Å². The highest BCUT2D eigenvalue weighted by Gasteiger charge is 2.32. The minimum atomic E-state index is -0.495. The van der Waals surface area contributed by atoms with Gasteiger partial charge in [0.15, 0.2) is 0 Å². The van der Waals surface area contributed by atoms with E-state index >= 15 is 0 Å². The van der Waals surface area contributed by atoms with Crippen LogP contribution < -0.4 is 0 Å². The molecular weight excluding hydrogens is 196 g/mol. The summed E-state index contributed by atoms with van der Waals surface area (Å²) < 4.78 is 16.5. The molecule has 1 fully saturated rings. The fourth-order valence-electron chi connectivity index (χ4n) is 1.69. The first-order valence-electron chi connectivity index (χ1n) is 5.21. The van der Waals surface area contributed by atoms with Crippen LogP contribution in [0.5, 0.6) is 0 Å². The van der Waals surface area contributed by atoms with Gasteiger partial charge in [0.2, 0.25) is 0 Å². The molecule has 14 heavy (non-hydrogen) atoms. The summed E-state index contributed by atoms with van der Waals surface area (Å²) in [5.74, 6) is 0. The van der Waals surface area contributed by atoms with E-state index in [4.69, 9.17) is 14.2 Å². The van der Waals surface area contributed by atoms with Crippen LogP contribution >= 0.6 is 0 Å². The SMILES string of the molecule is C=C[SiH2]C1(OCCOC)CCCCO1. The predicted molar refractivity (Wildman–Crippen MR) is 59.1 cm³/mol. The van der Waals surface area contributed by atoms with Crippen LogP contribution in [0.2, 0.25) is 0 Å². The van der Waals surface area contributed by atoms with Crippen LogP contribution in [0.15, 0.2) is 12.3 Å². The Balaban J connectivity index is 2.38. The Hall–Kier alpha value is -0.163. The Morgan fingerprint density at radius 3 is 2.93 bits per heavy atom. The highest BCUT2D eigenvalue weighted by atomic mass is 28.2. The van der Waals surface area contributed by atoms with Crippen molar-refractivity contribution in [2.24, 2.45) is 0 Å². The monoisotopic (exact) mass is 216 g/mol. The highest BCUT2D eigenvalue weighted by molar-refractivity contribution is 6.45. The van der Waals surface area contributed by atoms with Gasteiger partial charge in [-0.1, -0.05) is 0 Å². The first-order chi connectivity index (χ1) is 6.83. The zero-order valence-corrected chi connectivity index (χ0v) is 10.4. The van der Waals surface area contributed by atoms with Gasteiger partial charge in [0.25, 0.3) is 0 Å². The molecule has 0 amide bonds. The third-order valence-corrected chi connectivity index (χ3v) is 4.10. The molecule has 1 unspecified atom stereocenters. The van der Waals surface area contributed by atoms with Gasteiger partial charge >= 0.3 is 0 Å². The molecule has 0 N–H and O–H groups in total. The molecule has 0 aromatic carbocycles. The van der Waals surface area contributed by atoms with Crippen molar-refractivity contribution >= 4 is 9.52 Å². The van der Waals surface area contributed by atoms with Gasteiger partial charge in [-0.15, -0.1) is 12.3 Å². The molecule has 0 aromatic rings. The molecule has 1 aliphatic rings. The average Bonchev–Trinajstić information content (AvgIpc) is 2.20. The molecule has 0 bridgehead atoms. The summed E-state index contributed by atoms with van der Waals surface area (Å²) in [4.78, 5) is 0. The number of rotatable bonds is 6. The minimum Gasteiger partial charge on any atom is -0.382 e. The largest absolute Gasteiger partial charge is 0.382 e. The molecule has 1 atom stereocenters. The molecule has 1 aliphatic heterocycles. The maximum Gasteiger partial charge on any atom is 0.149 e. The van der Waals surface area contributed by atoms with E-state index in [1.54, 1.807) is 7.11 Å². The molecule has 3 nitrogen and oxygen atoms in total. The van der Waals surface area contributed by atoms with Crippen LogP contribution in [0, 0.1) is 0 Å². The van der Waals surface area contributed by atoms with Crippen molar-refractivity contribution in [3.63, 3.8) is 0 Å². The molecular formula is C10H20O3Si. The lowest BCUT2D eigenvalue weighted by molar-refractivity contribution is -0.204. The van der Waals surface area contributed by atoms with Gasteiger partial charge in [-0.3, -0.25) is 0 Å². The maximum atomic E-state index is 5.79. The first kappa shape index (κ1) is 11.9. The van der Waals surface area contributed by atoms with Crippen LogP contribution in [-0.2, 0) is 14.2 Å². The van der Waals surface area contributed by atoms with Gasteiger partial charge in [0.05, 0.1) is 13.2 Å². The molecule has 1 rings (SSSR count). The third kappa shape index (κ3) is 3.53. The summed E-state index contributed by atoms with van der Waals surface area (Å²) in [6, 6.07) is 0. The van der Waals surface area contributed by atoms with E-state index in [1.165, 1.54) is 6.42 Å². The zero-order valence-electron chi connectivity index (χ0n) is 8.96. The number of hydrogen-bond acceptors (Lipinski definition) is 3. The van der Waals surface area contributed by atoms with Crippen LogP contribution in [0.1, 0.15) is 19.3 Å². The van der Waals surface area contributed by atoms with Crippen molar-refractivity contribution in [2.45, 2.75) is 24.7 Å². The molecule has 1 saturated heterocycles. The van der Waals surface area contributed by atoms with E-state index in [2.05, 4.69) is 6.58 Å². The Morgan fingerprint density at radius 1 is 1.50 bits per heavy atom. The van der Waals surface area contributed by atoms with Gasteiger partial charge in [-0.05, 0) is 19.3 Å². The first-order valence-corrected chi connectivity index (χ1v) is 6.73. The number of hydrogen-bond donors (Lipinski definition) is 0. The Bertz CT molecular complexity index is 167. The van der Waals surface area contributed by atoms with Gasteiger partial charge in [0.1, 0.15) is 14.9 Å². The van der Waals surface area contributed by atoms with E-state index in [9.17, 15) is 0 Å². The predicted octanol–water partition coefficient (Wildman–Crippen LogP) is 0.816. The van der Waals surface area contributed by atoms with E-state index < -0.39 is 9.52 Å². The fraction of sp³-hybridized carbons (Fsp3) is 0.800. The van der Waals surface area contributed by atoms with Crippen LogP contribution in [0.3, 0.4) is 0 Å². The topological polar surface area (TPSA) is 27.7 Å². The van der Waals surface area contributed by atoms with Crippen molar-refractivity contribution in [1.82, 2.24) is 0 Å². The molecule has 4 heteroatoms. The van der Waals surface area contributed by atoms with Crippen LogP contribution in [-0.4, -0.2) is 41.9 Å². The lowest BCUT2D eigenvalue weighted by Crippen LogP contribution is -2.45. The second-order valence-corrected chi connectivity index (χ2v) is 5.61. The van der Waals surface area contributed by atoms with Crippen molar-refractivity contribution in [1.29, 1.82) is 0 Å². The summed E-state index contributed by atoms with van der Waals surface area (Å²) >= 11 is 0. The Kier molecular flexibility index (Phi) is 5.40. The lowest BCUT2D eigenvalue weighted by atomic mass is 10.2. The maximum absolute atomic E-state index is 5.79. The van der Waals surface area contributed by atoms with Gasteiger partial charge in [-0.25, -0.2) is 0 Å². The molecule has 0 spiro atoms. The summed E-state index contributed by atoms with van der Waals surface area (Å²) in [6.07, 6.45) is 3.38. The smallest absolute Gasteiger partial charge is 0.149 e. The number of methoxy groups -OCH3 is 1. The van der Waals surface area contributed by atoms with Gasteiger partial charge < -0.3 is 14.2 Å². The Labute approximate surface area is 88.2 Å². The summed E-state index contributed by atoms with van der Waals surface area (Å²) in [5, 5.41) is 0. The zero-order chi connectivity index (χ0) is 10.3. The van der Waals surface area contributed by atoms with Crippen molar-refractivity contribution in [3.05, 3.63) is 12.3 Å². The number of ether oxygens (including phenoxy) is 3. The van der Waals surface area contributed by atoms with E-state index in [0.717, 1.165) is 19.4 Å². The molecule has 0 saturated carbocycles. The highest BCUT2D eigenvalue weighted by Crippen LogP contribution is 2.25. The van der Waals surface area contributed by atoms with E-state index in [1.807, 2.05) is 5.70 Å². The van der Waals surface area contributed by atoms with Gasteiger partial charge in [0, 0.05) is 13.7 Å². The fourth-order valence-corrected chi connectivity index (χ4v) is 3.11. The second kappa shape index (κ2) is 6.34. The summed E-state index contributed by atoms with van der Waals surface area (Å²) in [5.41, 5.74) is 1.72. The normalized spacial score (nSPS) is 28.4. The summed E-state index contributed by atoms with van der Waals surface area (Å²) in [7, 11) is 1.19. The van der Waals surface area contributed by atoms with Crippen molar-refractivity contribution in [3.8, 4) is 0 Å². The summed E-state index contributed by atoms with van der Waals surface area (Å²) in [6.45, 7) is 5.88. The molecule has 0 radical (unpaired) electrons. The van der Waals surface area contributed by atoms with E-state index in [-0.39, 0.29) is 5.41 Å². The van der Waals surface area contributed by atoms with Crippen LogP contribution in [0.4, 0.5) is 0 Å². The quantitative estimate of drug-likeness (QED) is 0.486. The van der Waals surface area contributed by atoms with Crippen molar-refractivity contribution in [2.75, 3.05) is 26.9 Å². The van der Waals surface area contributed by atoms with Crippen LogP contribution in [0.25, 0.3) is 0 Å². The second-order valence-electron chi connectivity index (χ2n) is 3.55.